The van der Waals surface area contributed by atoms with E-state index in [1.165, 1.54) is 24.3 Å². The molecule has 8 heteroatoms. The summed E-state index contributed by atoms with van der Waals surface area (Å²) >= 11 is 0. The lowest BCUT2D eigenvalue weighted by molar-refractivity contribution is -0.895. The first-order valence-corrected chi connectivity index (χ1v) is 9.86. The van der Waals surface area contributed by atoms with E-state index in [4.69, 9.17) is 9.47 Å². The minimum Gasteiger partial charge on any atom is -0.497 e. The van der Waals surface area contributed by atoms with E-state index in [0.29, 0.717) is 49.9 Å². The number of amides is 2. The van der Waals surface area contributed by atoms with Crippen LogP contribution >= 0.6 is 0 Å². The zero-order valence-electron chi connectivity index (χ0n) is 17.2. The first kappa shape index (κ1) is 21.6. The van der Waals surface area contributed by atoms with Gasteiger partial charge in [-0.3, -0.25) is 9.59 Å². The third-order valence-corrected chi connectivity index (χ3v) is 5.20. The van der Waals surface area contributed by atoms with E-state index in [2.05, 4.69) is 5.32 Å². The summed E-state index contributed by atoms with van der Waals surface area (Å²) in [7, 11) is 3.16. The Hall–Kier alpha value is -3.13. The van der Waals surface area contributed by atoms with Crippen molar-refractivity contribution in [1.82, 2.24) is 4.90 Å². The number of nitrogens with one attached hydrogen (secondary N) is 2. The number of carbonyl (C=O) groups excluding carboxylic acids is 2. The van der Waals surface area contributed by atoms with Gasteiger partial charge in [0.1, 0.15) is 17.3 Å². The molecule has 0 saturated carbocycles. The number of nitrogens with zero attached hydrogens (tertiary/aromatic N) is 1. The predicted molar refractivity (Wildman–Crippen MR) is 110 cm³/mol. The third kappa shape index (κ3) is 5.70. The average Bonchev–Trinajstić information content (AvgIpc) is 2.76. The molecule has 0 spiro atoms. The molecule has 0 bridgehead atoms. The van der Waals surface area contributed by atoms with Crippen LogP contribution in [0.4, 0.5) is 10.1 Å². The van der Waals surface area contributed by atoms with Crippen LogP contribution in [0.1, 0.15) is 5.56 Å². The summed E-state index contributed by atoms with van der Waals surface area (Å²) in [5, 5.41) is 2.77. The molecule has 1 aliphatic rings. The zero-order chi connectivity index (χ0) is 21.5. The minimum atomic E-state index is -0.341. The molecule has 7 nitrogen and oxygen atoms in total. The summed E-state index contributed by atoms with van der Waals surface area (Å²) in [5.41, 5.74) is 1.39. The molecule has 1 saturated heterocycles. The van der Waals surface area contributed by atoms with Crippen molar-refractivity contribution < 1.29 is 28.4 Å². The van der Waals surface area contributed by atoms with Crippen LogP contribution in [-0.4, -0.2) is 63.7 Å². The molecule has 0 aromatic heterocycles. The van der Waals surface area contributed by atoms with Crippen molar-refractivity contribution >= 4 is 17.5 Å². The van der Waals surface area contributed by atoms with Gasteiger partial charge in [-0.2, -0.15) is 0 Å². The Morgan fingerprint density at radius 1 is 1.07 bits per heavy atom. The number of ether oxygens (including phenoxy) is 2. The quantitative estimate of drug-likeness (QED) is 0.699. The van der Waals surface area contributed by atoms with E-state index in [0.717, 1.165) is 10.5 Å². The smallest absolute Gasteiger partial charge is 0.279 e. The number of piperazine rings is 1. The van der Waals surface area contributed by atoms with E-state index < -0.39 is 0 Å². The molecule has 2 amide bonds. The molecule has 30 heavy (non-hydrogen) atoms. The molecule has 3 rings (SSSR count). The number of methoxy groups -OCH3 is 2. The second-order valence-electron chi connectivity index (χ2n) is 7.22. The van der Waals surface area contributed by atoms with Crippen molar-refractivity contribution in [2.45, 2.75) is 6.42 Å². The highest BCUT2D eigenvalue weighted by Crippen LogP contribution is 2.25. The van der Waals surface area contributed by atoms with Gasteiger partial charge < -0.3 is 24.6 Å². The predicted octanol–water partition coefficient (Wildman–Crippen LogP) is 0.751. The molecular weight excluding hydrogens is 389 g/mol. The van der Waals surface area contributed by atoms with E-state index in [9.17, 15) is 14.0 Å². The second-order valence-corrected chi connectivity index (χ2v) is 7.22. The molecule has 1 heterocycles. The van der Waals surface area contributed by atoms with Crippen molar-refractivity contribution in [3.05, 3.63) is 53.8 Å². The van der Waals surface area contributed by atoms with E-state index in [1.807, 2.05) is 17.0 Å². The lowest BCUT2D eigenvalue weighted by Crippen LogP contribution is -3.15. The van der Waals surface area contributed by atoms with Crippen LogP contribution in [0.2, 0.25) is 0 Å². The first-order chi connectivity index (χ1) is 14.5. The number of quaternary nitrogens is 1. The molecular formula is C22H27FN3O4+. The van der Waals surface area contributed by atoms with Gasteiger partial charge in [-0.25, -0.2) is 4.39 Å². The summed E-state index contributed by atoms with van der Waals surface area (Å²) < 4.78 is 23.5. The highest BCUT2D eigenvalue weighted by Gasteiger charge is 2.26. The van der Waals surface area contributed by atoms with E-state index in [1.54, 1.807) is 20.3 Å². The molecule has 0 unspecified atom stereocenters. The van der Waals surface area contributed by atoms with Crippen LogP contribution < -0.4 is 19.7 Å². The normalized spacial score (nSPS) is 14.3. The summed E-state index contributed by atoms with van der Waals surface area (Å²) in [5.74, 6) is 0.878. The van der Waals surface area contributed by atoms with Crippen LogP contribution in [0, 0.1) is 5.82 Å². The summed E-state index contributed by atoms with van der Waals surface area (Å²) in [6, 6.07) is 11.1. The summed E-state index contributed by atoms with van der Waals surface area (Å²) in [6.45, 7) is 2.89. The standard InChI is InChI=1S/C22H26FN3O4/c1-29-19-8-3-16(20(14-19)30-2)13-22(28)26-11-9-25(10-12-26)15-21(27)24-18-6-4-17(23)5-7-18/h3-8,14H,9-13,15H2,1-2H3,(H,24,27)/p+1. The van der Waals surface area contributed by atoms with Gasteiger partial charge in [-0.15, -0.1) is 0 Å². The van der Waals surface area contributed by atoms with Crippen molar-refractivity contribution in [2.75, 3.05) is 52.3 Å². The van der Waals surface area contributed by atoms with Crippen LogP contribution in [0.15, 0.2) is 42.5 Å². The van der Waals surface area contributed by atoms with Gasteiger partial charge in [0, 0.05) is 17.3 Å². The number of hydrogen-bond donors (Lipinski definition) is 2. The molecule has 0 radical (unpaired) electrons. The Balaban J connectivity index is 1.47. The lowest BCUT2D eigenvalue weighted by Gasteiger charge is -2.32. The summed E-state index contributed by atoms with van der Waals surface area (Å²) in [6.07, 6.45) is 0.257. The topological polar surface area (TPSA) is 72.3 Å². The minimum absolute atomic E-state index is 0.0354. The fourth-order valence-electron chi connectivity index (χ4n) is 3.49. The highest BCUT2D eigenvalue weighted by atomic mass is 19.1. The molecule has 0 atom stereocenters. The number of benzene rings is 2. The molecule has 2 N–H and O–H groups in total. The zero-order valence-corrected chi connectivity index (χ0v) is 17.2. The Labute approximate surface area is 175 Å². The summed E-state index contributed by atoms with van der Waals surface area (Å²) in [4.78, 5) is 27.9. The van der Waals surface area contributed by atoms with Gasteiger partial charge in [0.15, 0.2) is 6.54 Å². The van der Waals surface area contributed by atoms with Crippen LogP contribution in [0.3, 0.4) is 0 Å². The molecule has 2 aromatic carbocycles. The number of rotatable bonds is 7. The van der Waals surface area contributed by atoms with Gasteiger partial charge in [-0.1, -0.05) is 6.07 Å². The Morgan fingerprint density at radius 3 is 2.40 bits per heavy atom. The Bertz CT molecular complexity index is 880. The number of hydrogen-bond acceptors (Lipinski definition) is 4. The van der Waals surface area contributed by atoms with Crippen LogP contribution in [0.25, 0.3) is 0 Å². The van der Waals surface area contributed by atoms with Crippen molar-refractivity contribution in [1.29, 1.82) is 0 Å². The van der Waals surface area contributed by atoms with Gasteiger partial charge in [-0.05, 0) is 30.3 Å². The third-order valence-electron chi connectivity index (χ3n) is 5.20. The van der Waals surface area contributed by atoms with Gasteiger partial charge in [0.25, 0.3) is 5.91 Å². The van der Waals surface area contributed by atoms with Gasteiger partial charge >= 0.3 is 0 Å². The van der Waals surface area contributed by atoms with Gasteiger partial charge in [0.2, 0.25) is 5.91 Å². The Kier molecular flexibility index (Phi) is 7.24. The maximum atomic E-state index is 13.0. The largest absolute Gasteiger partial charge is 0.497 e. The number of halogens is 1. The number of anilines is 1. The van der Waals surface area contributed by atoms with E-state index >= 15 is 0 Å². The molecule has 1 fully saturated rings. The van der Waals surface area contributed by atoms with Gasteiger partial charge in [0.05, 0.1) is 46.8 Å². The fourth-order valence-corrected chi connectivity index (χ4v) is 3.49. The van der Waals surface area contributed by atoms with Crippen molar-refractivity contribution in [2.24, 2.45) is 0 Å². The molecule has 160 valence electrons. The number of carbonyl (C=O) groups is 2. The van der Waals surface area contributed by atoms with E-state index in [-0.39, 0.29) is 24.1 Å². The Morgan fingerprint density at radius 2 is 1.77 bits per heavy atom. The first-order valence-electron chi connectivity index (χ1n) is 9.86. The van der Waals surface area contributed by atoms with Crippen molar-refractivity contribution in [3.8, 4) is 11.5 Å². The lowest BCUT2D eigenvalue weighted by atomic mass is 10.1. The van der Waals surface area contributed by atoms with Crippen LogP contribution in [-0.2, 0) is 16.0 Å². The second kappa shape index (κ2) is 10.1. The van der Waals surface area contributed by atoms with Crippen LogP contribution in [0.5, 0.6) is 11.5 Å². The monoisotopic (exact) mass is 416 g/mol. The maximum absolute atomic E-state index is 13.0. The molecule has 0 aliphatic carbocycles. The fraction of sp³-hybridized carbons (Fsp3) is 0.364. The SMILES string of the molecule is COc1ccc(CC(=O)N2CC[NH+](CC(=O)Nc3ccc(F)cc3)CC2)c(OC)c1. The highest BCUT2D eigenvalue weighted by molar-refractivity contribution is 5.91. The maximum Gasteiger partial charge on any atom is 0.279 e. The molecule has 1 aliphatic heterocycles. The van der Waals surface area contributed by atoms with Crippen molar-refractivity contribution in [3.63, 3.8) is 0 Å². The molecule has 2 aromatic rings. The average molecular weight is 416 g/mol.